The van der Waals surface area contributed by atoms with Gasteiger partial charge in [-0.05, 0) is 49.4 Å². The topological polar surface area (TPSA) is 90.5 Å². The number of benzene rings is 1. The van der Waals surface area contributed by atoms with E-state index in [1.807, 2.05) is 12.1 Å². The Morgan fingerprint density at radius 3 is 2.30 bits per heavy atom. The van der Waals surface area contributed by atoms with E-state index in [0.717, 1.165) is 29.5 Å². The Morgan fingerprint density at radius 2 is 1.77 bits per heavy atom. The minimum atomic E-state index is -5.08. The molecule has 2 atom stereocenters. The van der Waals surface area contributed by atoms with Crippen molar-refractivity contribution in [1.29, 1.82) is 0 Å². The number of carbonyl (C=O) groups is 2. The van der Waals surface area contributed by atoms with Gasteiger partial charge in [-0.25, -0.2) is 9.59 Å². The molecule has 30 heavy (non-hydrogen) atoms. The van der Waals surface area contributed by atoms with E-state index < -0.39 is 12.1 Å². The number of alkyl halides is 3. The van der Waals surface area contributed by atoms with E-state index in [2.05, 4.69) is 16.0 Å². The summed E-state index contributed by atoms with van der Waals surface area (Å²) in [7, 11) is 0. The second kappa shape index (κ2) is 10.9. The Bertz CT molecular complexity index is 862. The van der Waals surface area contributed by atoms with Crippen molar-refractivity contribution in [1.82, 2.24) is 10.6 Å². The maximum Gasteiger partial charge on any atom is 0.490 e. The van der Waals surface area contributed by atoms with E-state index in [1.54, 1.807) is 35.6 Å². The molecule has 1 aliphatic heterocycles. The number of anilines is 1. The predicted molar refractivity (Wildman–Crippen MR) is 111 cm³/mol. The number of carboxylic acids is 1. The second-order valence-corrected chi connectivity index (χ2v) is 8.44. The zero-order valence-corrected chi connectivity index (χ0v) is 17.6. The van der Waals surface area contributed by atoms with Crippen LogP contribution in [0.15, 0.2) is 36.4 Å². The summed E-state index contributed by atoms with van der Waals surface area (Å²) < 4.78 is 32.5. The van der Waals surface area contributed by atoms with Crippen LogP contribution in [-0.4, -0.2) is 42.4 Å². The third-order valence-corrected chi connectivity index (χ3v) is 5.72. The average Bonchev–Trinajstić information content (AvgIpc) is 3.10. The van der Waals surface area contributed by atoms with E-state index in [4.69, 9.17) is 33.1 Å². The van der Waals surface area contributed by atoms with Gasteiger partial charge < -0.3 is 21.1 Å². The highest BCUT2D eigenvalue weighted by Gasteiger charge is 2.38. The van der Waals surface area contributed by atoms with Crippen molar-refractivity contribution < 1.29 is 27.9 Å². The number of amides is 2. The molecule has 4 N–H and O–H groups in total. The van der Waals surface area contributed by atoms with Crippen LogP contribution in [0.25, 0.3) is 0 Å². The summed E-state index contributed by atoms with van der Waals surface area (Å²) in [6, 6.07) is 10.9. The summed E-state index contributed by atoms with van der Waals surface area (Å²) in [5.74, 6) is -2.52. The predicted octanol–water partition coefficient (Wildman–Crippen LogP) is 4.96. The van der Waals surface area contributed by atoms with Gasteiger partial charge in [0, 0.05) is 34.1 Å². The number of nitrogens with one attached hydrogen (secondary N) is 3. The van der Waals surface area contributed by atoms with Crippen LogP contribution in [0.3, 0.4) is 0 Å². The highest BCUT2D eigenvalue weighted by Crippen LogP contribution is 2.32. The first-order chi connectivity index (χ1) is 14.1. The number of piperidine rings is 1. The summed E-state index contributed by atoms with van der Waals surface area (Å²) >= 11 is 13.5. The minimum absolute atomic E-state index is 0.0817. The fraction of sp³-hybridized carbons (Fsp3) is 0.333. The van der Waals surface area contributed by atoms with E-state index in [1.165, 1.54) is 4.88 Å². The highest BCUT2D eigenvalue weighted by molar-refractivity contribution is 7.16. The Morgan fingerprint density at radius 1 is 1.13 bits per heavy atom. The van der Waals surface area contributed by atoms with Crippen LogP contribution in [0.1, 0.15) is 17.2 Å². The van der Waals surface area contributed by atoms with Crippen LogP contribution in [0.5, 0.6) is 0 Å². The van der Waals surface area contributed by atoms with Crippen LogP contribution in [0.4, 0.5) is 23.7 Å². The van der Waals surface area contributed by atoms with Gasteiger partial charge in [0.25, 0.3) is 0 Å². The fourth-order valence-electron chi connectivity index (χ4n) is 2.73. The van der Waals surface area contributed by atoms with Gasteiger partial charge in [0.15, 0.2) is 0 Å². The number of rotatable bonds is 3. The zero-order chi connectivity index (χ0) is 22.3. The molecule has 0 aliphatic carbocycles. The second-order valence-electron chi connectivity index (χ2n) is 6.26. The van der Waals surface area contributed by atoms with Crippen molar-refractivity contribution in [2.75, 3.05) is 18.4 Å². The summed E-state index contributed by atoms with van der Waals surface area (Å²) in [5, 5.41) is 17.1. The van der Waals surface area contributed by atoms with Crippen LogP contribution >= 0.6 is 34.5 Å². The molecular weight excluding hydrogens is 466 g/mol. The summed E-state index contributed by atoms with van der Waals surface area (Å²) in [4.78, 5) is 22.3. The third kappa shape index (κ3) is 7.67. The summed E-state index contributed by atoms with van der Waals surface area (Å²) in [6.07, 6.45) is -4.20. The van der Waals surface area contributed by atoms with Gasteiger partial charge in [-0.1, -0.05) is 23.2 Å². The molecule has 12 heteroatoms. The van der Waals surface area contributed by atoms with Crippen molar-refractivity contribution in [3.05, 3.63) is 50.6 Å². The molecule has 2 heterocycles. The van der Waals surface area contributed by atoms with Crippen LogP contribution in [0.2, 0.25) is 9.36 Å². The van der Waals surface area contributed by atoms with Crippen molar-refractivity contribution >= 4 is 52.2 Å². The van der Waals surface area contributed by atoms with E-state index >= 15 is 0 Å². The zero-order valence-electron chi connectivity index (χ0n) is 15.3. The van der Waals surface area contributed by atoms with Crippen molar-refractivity contribution in [2.24, 2.45) is 0 Å². The number of hydrogen-bond donors (Lipinski definition) is 4. The van der Waals surface area contributed by atoms with Crippen molar-refractivity contribution in [3.8, 4) is 0 Å². The summed E-state index contributed by atoms with van der Waals surface area (Å²) in [5.41, 5.74) is 0.719. The molecule has 2 amide bonds. The molecule has 1 aliphatic rings. The SMILES string of the molecule is O=C(Nc1ccc(Cl)cc1)NC1CCNCC1c1ccc(Cl)s1.O=C(O)C(F)(F)F. The molecule has 2 aromatic rings. The monoisotopic (exact) mass is 483 g/mol. The third-order valence-electron chi connectivity index (χ3n) is 4.10. The van der Waals surface area contributed by atoms with Crippen LogP contribution in [0, 0.1) is 0 Å². The molecule has 0 bridgehead atoms. The van der Waals surface area contributed by atoms with Gasteiger partial charge in [0.1, 0.15) is 0 Å². The Balaban J connectivity index is 0.000000396. The molecule has 0 spiro atoms. The Kier molecular flexibility index (Phi) is 8.78. The smallest absolute Gasteiger partial charge is 0.475 e. The summed E-state index contributed by atoms with van der Waals surface area (Å²) in [6.45, 7) is 1.73. The number of halogens is 5. The molecule has 0 saturated carbocycles. The quantitative estimate of drug-likeness (QED) is 0.496. The maximum absolute atomic E-state index is 12.2. The van der Waals surface area contributed by atoms with Gasteiger partial charge in [-0.2, -0.15) is 13.2 Å². The molecule has 164 valence electrons. The molecule has 1 fully saturated rings. The normalized spacial score (nSPS) is 18.7. The van der Waals surface area contributed by atoms with Crippen molar-refractivity contribution in [2.45, 2.75) is 24.6 Å². The Hall–Kier alpha value is -2.01. The molecule has 1 saturated heterocycles. The van der Waals surface area contributed by atoms with Gasteiger partial charge in [0.2, 0.25) is 0 Å². The first-order valence-electron chi connectivity index (χ1n) is 8.65. The Labute approximate surface area is 184 Å². The van der Waals surface area contributed by atoms with E-state index in [-0.39, 0.29) is 18.0 Å². The molecule has 1 aromatic heterocycles. The number of aliphatic carboxylic acids is 1. The number of hydrogen-bond acceptors (Lipinski definition) is 4. The van der Waals surface area contributed by atoms with Gasteiger partial charge in [-0.15, -0.1) is 11.3 Å². The van der Waals surface area contributed by atoms with Gasteiger partial charge in [-0.3, -0.25) is 0 Å². The lowest BCUT2D eigenvalue weighted by Gasteiger charge is -2.32. The average molecular weight is 484 g/mol. The first kappa shape index (κ1) is 24.3. The molecule has 2 unspecified atom stereocenters. The molecule has 1 aromatic carbocycles. The number of carboxylic acid groups (broad SMARTS) is 1. The number of urea groups is 1. The minimum Gasteiger partial charge on any atom is -0.475 e. The fourth-order valence-corrected chi connectivity index (χ4v) is 4.08. The van der Waals surface area contributed by atoms with Crippen LogP contribution < -0.4 is 16.0 Å². The number of thiophene rings is 1. The van der Waals surface area contributed by atoms with Gasteiger partial charge in [0.05, 0.1) is 4.34 Å². The first-order valence-corrected chi connectivity index (χ1v) is 10.2. The lowest BCUT2D eigenvalue weighted by atomic mass is 9.92. The maximum atomic E-state index is 12.2. The van der Waals surface area contributed by atoms with Gasteiger partial charge >= 0.3 is 18.2 Å². The standard InChI is InChI=1S/C16H17Cl2N3OS.C2HF3O2/c17-10-1-3-11(4-2-10)20-16(22)21-13-7-8-19-9-12(13)14-5-6-15(18)23-14;3-2(4,5)1(6)7/h1-6,12-13,19H,7-9H2,(H2,20,21,22);(H,6,7). The lowest BCUT2D eigenvalue weighted by molar-refractivity contribution is -0.192. The lowest BCUT2D eigenvalue weighted by Crippen LogP contribution is -2.49. The highest BCUT2D eigenvalue weighted by atomic mass is 35.5. The molecule has 3 rings (SSSR count). The number of carbonyl (C=O) groups excluding carboxylic acids is 1. The van der Waals surface area contributed by atoms with Crippen LogP contribution in [-0.2, 0) is 4.79 Å². The van der Waals surface area contributed by atoms with E-state index in [0.29, 0.717) is 5.02 Å². The largest absolute Gasteiger partial charge is 0.490 e. The van der Waals surface area contributed by atoms with E-state index in [9.17, 15) is 18.0 Å². The molecule has 0 radical (unpaired) electrons. The molecular formula is C18H18Cl2F3N3O3S. The molecule has 6 nitrogen and oxygen atoms in total. The van der Waals surface area contributed by atoms with Crippen molar-refractivity contribution in [3.63, 3.8) is 0 Å².